The fourth-order valence-electron chi connectivity index (χ4n) is 3.19. The van der Waals surface area contributed by atoms with E-state index in [0.29, 0.717) is 6.54 Å². The molecule has 1 saturated heterocycles. The van der Waals surface area contributed by atoms with Gasteiger partial charge in [-0.25, -0.2) is 0 Å². The molecule has 1 unspecified atom stereocenters. The molecule has 146 valence electrons. The third-order valence-electron chi connectivity index (χ3n) is 4.74. The largest absolute Gasteiger partial charge is 0.457 e. The monoisotopic (exact) mass is 403 g/mol. The van der Waals surface area contributed by atoms with Gasteiger partial charge in [-0.05, 0) is 35.4 Å². The molecular formula is C24H21NO3S. The van der Waals surface area contributed by atoms with Crippen molar-refractivity contribution in [3.8, 4) is 11.5 Å². The van der Waals surface area contributed by atoms with Crippen LogP contribution in [0.4, 0.5) is 0 Å². The first-order chi connectivity index (χ1) is 14.2. The van der Waals surface area contributed by atoms with Crippen LogP contribution in [0.15, 0.2) is 84.9 Å². The number of para-hydroxylation sites is 1. The highest BCUT2D eigenvalue weighted by atomic mass is 32.2. The number of ether oxygens (including phenoxy) is 1. The standard InChI is InChI=1S/C24H21NO3S/c26-23-15-22(29-17-19-7-3-1-4-8-19)24(27)25(23)16-18-11-13-21(14-12-18)28-20-9-5-2-6-10-20/h1-14,22H,15-17H2. The molecule has 4 rings (SSSR count). The van der Waals surface area contributed by atoms with Crippen LogP contribution in [0, 0.1) is 0 Å². The first-order valence-corrected chi connectivity index (χ1v) is 10.6. The van der Waals surface area contributed by atoms with Crippen molar-refractivity contribution in [1.82, 2.24) is 4.90 Å². The van der Waals surface area contributed by atoms with Crippen molar-refractivity contribution in [3.05, 3.63) is 96.1 Å². The summed E-state index contributed by atoms with van der Waals surface area (Å²) in [5.74, 6) is 2.01. The van der Waals surface area contributed by atoms with E-state index >= 15 is 0 Å². The highest BCUT2D eigenvalue weighted by molar-refractivity contribution is 7.99. The van der Waals surface area contributed by atoms with E-state index in [1.165, 1.54) is 16.7 Å². The molecule has 1 heterocycles. The van der Waals surface area contributed by atoms with E-state index in [2.05, 4.69) is 0 Å². The predicted molar refractivity (Wildman–Crippen MR) is 115 cm³/mol. The lowest BCUT2D eigenvalue weighted by Crippen LogP contribution is -2.30. The zero-order chi connectivity index (χ0) is 20.1. The van der Waals surface area contributed by atoms with Crippen LogP contribution in [-0.4, -0.2) is 22.0 Å². The van der Waals surface area contributed by atoms with Crippen molar-refractivity contribution in [2.45, 2.75) is 24.0 Å². The Hall–Kier alpha value is -3.05. The van der Waals surface area contributed by atoms with Gasteiger partial charge >= 0.3 is 0 Å². The summed E-state index contributed by atoms with van der Waals surface area (Å²) in [5.41, 5.74) is 2.06. The zero-order valence-corrected chi connectivity index (χ0v) is 16.7. The van der Waals surface area contributed by atoms with E-state index in [9.17, 15) is 9.59 Å². The van der Waals surface area contributed by atoms with Crippen molar-refractivity contribution in [3.63, 3.8) is 0 Å². The van der Waals surface area contributed by atoms with Crippen LogP contribution in [0.5, 0.6) is 11.5 Å². The molecular weight excluding hydrogens is 382 g/mol. The minimum atomic E-state index is -0.302. The fourth-order valence-corrected chi connectivity index (χ4v) is 4.31. The Bertz CT molecular complexity index is 974. The number of rotatable bonds is 7. The maximum absolute atomic E-state index is 12.7. The van der Waals surface area contributed by atoms with Gasteiger partial charge in [-0.15, -0.1) is 11.8 Å². The van der Waals surface area contributed by atoms with Crippen molar-refractivity contribution in [2.75, 3.05) is 0 Å². The molecule has 1 aliphatic heterocycles. The summed E-state index contributed by atoms with van der Waals surface area (Å²) in [6, 6.07) is 27.0. The fraction of sp³-hybridized carbons (Fsp3) is 0.167. The van der Waals surface area contributed by atoms with Gasteiger partial charge in [0.2, 0.25) is 11.8 Å². The SMILES string of the molecule is O=C1CC(SCc2ccccc2)C(=O)N1Cc1ccc(Oc2ccccc2)cc1. The van der Waals surface area contributed by atoms with Gasteiger partial charge in [0.15, 0.2) is 0 Å². The lowest BCUT2D eigenvalue weighted by atomic mass is 10.2. The van der Waals surface area contributed by atoms with Crippen molar-refractivity contribution >= 4 is 23.6 Å². The zero-order valence-electron chi connectivity index (χ0n) is 15.9. The van der Waals surface area contributed by atoms with Crippen LogP contribution < -0.4 is 4.74 Å². The van der Waals surface area contributed by atoms with Gasteiger partial charge in [0.05, 0.1) is 11.8 Å². The molecule has 1 atom stereocenters. The second-order valence-electron chi connectivity index (χ2n) is 6.87. The summed E-state index contributed by atoms with van der Waals surface area (Å²) in [6.07, 6.45) is 0.269. The molecule has 4 nitrogen and oxygen atoms in total. The third kappa shape index (κ3) is 4.87. The van der Waals surface area contributed by atoms with E-state index in [0.717, 1.165) is 28.4 Å². The molecule has 1 aliphatic rings. The topological polar surface area (TPSA) is 46.6 Å². The van der Waals surface area contributed by atoms with E-state index in [4.69, 9.17) is 4.74 Å². The molecule has 0 aliphatic carbocycles. The van der Waals surface area contributed by atoms with Crippen LogP contribution in [0.2, 0.25) is 0 Å². The lowest BCUT2D eigenvalue weighted by Gasteiger charge is -2.15. The maximum Gasteiger partial charge on any atom is 0.243 e. The summed E-state index contributed by atoms with van der Waals surface area (Å²) in [4.78, 5) is 26.5. The van der Waals surface area contributed by atoms with Gasteiger partial charge in [-0.2, -0.15) is 0 Å². The quantitative estimate of drug-likeness (QED) is 0.519. The lowest BCUT2D eigenvalue weighted by molar-refractivity contribution is -0.138. The van der Waals surface area contributed by atoms with Gasteiger partial charge in [0, 0.05) is 12.2 Å². The number of hydrogen-bond acceptors (Lipinski definition) is 4. The molecule has 5 heteroatoms. The number of carbonyl (C=O) groups excluding carboxylic acids is 2. The summed E-state index contributed by atoms with van der Waals surface area (Å²) >= 11 is 1.53. The summed E-state index contributed by atoms with van der Waals surface area (Å²) in [6.45, 7) is 0.297. The Balaban J connectivity index is 1.35. The first kappa shape index (κ1) is 19.3. The highest BCUT2D eigenvalue weighted by Gasteiger charge is 2.38. The van der Waals surface area contributed by atoms with Gasteiger partial charge < -0.3 is 4.74 Å². The van der Waals surface area contributed by atoms with Gasteiger partial charge in [0.1, 0.15) is 11.5 Å². The minimum Gasteiger partial charge on any atom is -0.457 e. The summed E-state index contributed by atoms with van der Waals surface area (Å²) in [7, 11) is 0. The van der Waals surface area contributed by atoms with E-state index in [1.54, 1.807) is 0 Å². The molecule has 3 aromatic rings. The normalized spacial score (nSPS) is 16.3. The number of thioether (sulfide) groups is 1. The third-order valence-corrected chi connectivity index (χ3v) is 6.01. The Morgan fingerprint density at radius 1 is 0.793 bits per heavy atom. The average Bonchev–Trinajstić information content (AvgIpc) is 3.02. The Morgan fingerprint density at radius 2 is 1.41 bits per heavy atom. The molecule has 0 aromatic heterocycles. The number of likely N-dealkylation sites (tertiary alicyclic amines) is 1. The summed E-state index contributed by atoms with van der Waals surface area (Å²) < 4.78 is 5.79. The number of hydrogen-bond donors (Lipinski definition) is 0. The molecule has 0 bridgehead atoms. The Labute approximate surface area is 174 Å². The van der Waals surface area contributed by atoms with Gasteiger partial charge in [-0.3, -0.25) is 14.5 Å². The molecule has 0 saturated carbocycles. The number of benzene rings is 3. The maximum atomic E-state index is 12.7. The highest BCUT2D eigenvalue weighted by Crippen LogP contribution is 2.29. The van der Waals surface area contributed by atoms with Crippen molar-refractivity contribution < 1.29 is 14.3 Å². The minimum absolute atomic E-state index is 0.0967. The first-order valence-electron chi connectivity index (χ1n) is 9.50. The molecule has 1 fully saturated rings. The average molecular weight is 404 g/mol. The molecule has 2 amide bonds. The number of amides is 2. The Kier molecular flexibility index (Phi) is 5.96. The smallest absolute Gasteiger partial charge is 0.243 e. The van der Waals surface area contributed by atoms with Crippen LogP contribution in [0.3, 0.4) is 0 Å². The van der Waals surface area contributed by atoms with E-state index < -0.39 is 0 Å². The second kappa shape index (κ2) is 8.97. The second-order valence-corrected chi connectivity index (χ2v) is 8.06. The number of carbonyl (C=O) groups is 2. The van der Waals surface area contributed by atoms with Crippen molar-refractivity contribution in [1.29, 1.82) is 0 Å². The molecule has 0 N–H and O–H groups in total. The van der Waals surface area contributed by atoms with Gasteiger partial charge in [0.25, 0.3) is 0 Å². The molecule has 3 aromatic carbocycles. The van der Waals surface area contributed by atoms with E-state index in [1.807, 2.05) is 84.9 Å². The van der Waals surface area contributed by atoms with Crippen molar-refractivity contribution in [2.24, 2.45) is 0 Å². The van der Waals surface area contributed by atoms with Crippen LogP contribution in [0.1, 0.15) is 17.5 Å². The molecule has 0 radical (unpaired) electrons. The van der Waals surface area contributed by atoms with Crippen LogP contribution in [-0.2, 0) is 21.9 Å². The number of imide groups is 1. The van der Waals surface area contributed by atoms with Crippen LogP contribution in [0.25, 0.3) is 0 Å². The number of nitrogens with zero attached hydrogens (tertiary/aromatic N) is 1. The van der Waals surface area contributed by atoms with Gasteiger partial charge in [-0.1, -0.05) is 60.7 Å². The molecule has 0 spiro atoms. The van der Waals surface area contributed by atoms with Crippen LogP contribution >= 0.6 is 11.8 Å². The van der Waals surface area contributed by atoms with E-state index in [-0.39, 0.29) is 23.5 Å². The molecule has 29 heavy (non-hydrogen) atoms. The predicted octanol–water partition coefficient (Wildman–Crippen LogP) is 5.04. The summed E-state index contributed by atoms with van der Waals surface area (Å²) in [5, 5.41) is -0.302. The Morgan fingerprint density at radius 3 is 2.10 bits per heavy atom.